The highest BCUT2D eigenvalue weighted by Gasteiger charge is 2.60. The lowest BCUT2D eigenvalue weighted by Crippen LogP contribution is -2.66. The van der Waals surface area contributed by atoms with Gasteiger partial charge >= 0.3 is 0 Å². The van der Waals surface area contributed by atoms with Gasteiger partial charge in [0, 0.05) is 11.6 Å². The molecule has 1 saturated heterocycles. The Kier molecular flexibility index (Phi) is 4.51. The van der Waals surface area contributed by atoms with Crippen LogP contribution in [0.1, 0.15) is 104 Å². The van der Waals surface area contributed by atoms with Crippen molar-refractivity contribution in [3.8, 4) is 0 Å². The summed E-state index contributed by atoms with van der Waals surface area (Å²) >= 11 is 0. The van der Waals surface area contributed by atoms with Crippen LogP contribution in [0, 0.1) is 52.3 Å². The molecule has 8 fully saturated rings. The average molecular weight is 453 g/mol. The normalized spacial score (nSPS) is 56.5. The van der Waals surface area contributed by atoms with Crippen molar-refractivity contribution in [1.29, 1.82) is 0 Å². The molecule has 33 heavy (non-hydrogen) atoms. The molecule has 7 atom stereocenters. The molecule has 1 aliphatic heterocycles. The molecule has 2 amide bonds. The molecule has 0 spiro atoms. The van der Waals surface area contributed by atoms with Crippen LogP contribution >= 0.6 is 0 Å². The maximum atomic E-state index is 13.7. The van der Waals surface area contributed by atoms with Crippen LogP contribution in [0.3, 0.4) is 0 Å². The largest absolute Gasteiger partial charge is 0.352 e. The number of piperidine rings is 1. The van der Waals surface area contributed by atoms with E-state index in [9.17, 15) is 9.59 Å². The molecule has 2 unspecified atom stereocenters. The van der Waals surface area contributed by atoms with Gasteiger partial charge in [-0.05, 0) is 130 Å². The first-order chi connectivity index (χ1) is 15.8. The summed E-state index contributed by atoms with van der Waals surface area (Å²) in [6.07, 6.45) is 17.6. The summed E-state index contributed by atoms with van der Waals surface area (Å²) < 4.78 is 0. The van der Waals surface area contributed by atoms with Gasteiger partial charge in [0.1, 0.15) is 5.92 Å². The number of amides is 2. The molecular formula is C29H44N2O2. The lowest BCUT2D eigenvalue weighted by molar-refractivity contribution is -0.153. The summed E-state index contributed by atoms with van der Waals surface area (Å²) in [4.78, 5) is 27.0. The molecule has 7 aliphatic carbocycles. The predicted molar refractivity (Wildman–Crippen MR) is 128 cm³/mol. The second-order valence-electron chi connectivity index (χ2n) is 14.5. The topological polar surface area (TPSA) is 58.2 Å². The quantitative estimate of drug-likeness (QED) is 0.565. The highest BCUT2D eigenvalue weighted by molar-refractivity contribution is 6.01. The number of rotatable bonds is 2. The molecule has 4 heteroatoms. The number of fused-ring (bicyclic) bond motifs is 5. The third-order valence-electron chi connectivity index (χ3n) is 12.7. The van der Waals surface area contributed by atoms with Crippen molar-refractivity contribution >= 4 is 11.8 Å². The van der Waals surface area contributed by atoms with Crippen LogP contribution in [0.2, 0.25) is 0 Å². The molecule has 4 nitrogen and oxygen atoms in total. The van der Waals surface area contributed by atoms with E-state index in [1.54, 1.807) is 0 Å². The lowest BCUT2D eigenvalue weighted by atomic mass is 9.47. The molecule has 182 valence electrons. The van der Waals surface area contributed by atoms with Gasteiger partial charge in [0.2, 0.25) is 11.8 Å². The molecular weight excluding hydrogens is 408 g/mol. The van der Waals surface area contributed by atoms with Crippen molar-refractivity contribution in [1.82, 2.24) is 10.6 Å². The summed E-state index contributed by atoms with van der Waals surface area (Å²) in [5.74, 6) is 4.33. The van der Waals surface area contributed by atoms with Gasteiger partial charge in [0.25, 0.3) is 0 Å². The molecule has 0 aromatic rings. The van der Waals surface area contributed by atoms with E-state index in [1.807, 2.05) is 0 Å². The van der Waals surface area contributed by atoms with E-state index < -0.39 is 5.92 Å². The zero-order valence-electron chi connectivity index (χ0n) is 20.8. The van der Waals surface area contributed by atoms with E-state index in [2.05, 4.69) is 24.5 Å². The minimum atomic E-state index is -0.491. The number of hydrogen-bond donors (Lipinski definition) is 2. The van der Waals surface area contributed by atoms with Gasteiger partial charge in [-0.15, -0.1) is 0 Å². The van der Waals surface area contributed by atoms with Crippen LogP contribution in [0.5, 0.6) is 0 Å². The molecule has 0 aromatic carbocycles. The SMILES string of the molecule is C[C@@]12CCC[C@H]1[C@@H]1CCC3NC(=O)C(C(=O)NC45CC6CC(CC(C6)C4)C5)C[C@]3(C)[C@@H]1CC2. The number of hydrogen-bond acceptors (Lipinski definition) is 2. The van der Waals surface area contributed by atoms with Crippen molar-refractivity contribution in [2.75, 3.05) is 0 Å². The first-order valence-electron chi connectivity index (χ1n) is 14.4. The van der Waals surface area contributed by atoms with E-state index >= 15 is 0 Å². The van der Waals surface area contributed by atoms with Crippen molar-refractivity contribution in [3.63, 3.8) is 0 Å². The van der Waals surface area contributed by atoms with Crippen LogP contribution in [0.15, 0.2) is 0 Å². The van der Waals surface area contributed by atoms with E-state index in [1.165, 1.54) is 57.8 Å². The minimum Gasteiger partial charge on any atom is -0.352 e. The Hall–Kier alpha value is -1.06. The van der Waals surface area contributed by atoms with Crippen molar-refractivity contribution in [3.05, 3.63) is 0 Å². The van der Waals surface area contributed by atoms with Crippen LogP contribution in [-0.4, -0.2) is 23.4 Å². The van der Waals surface area contributed by atoms with Gasteiger partial charge in [-0.3, -0.25) is 9.59 Å². The third kappa shape index (κ3) is 3.07. The Morgan fingerprint density at radius 3 is 2.27 bits per heavy atom. The fourth-order valence-corrected chi connectivity index (χ4v) is 11.6. The molecule has 2 N–H and O–H groups in total. The molecule has 0 radical (unpaired) electrons. The Bertz CT molecular complexity index is 832. The van der Waals surface area contributed by atoms with Gasteiger partial charge in [-0.2, -0.15) is 0 Å². The highest BCUT2D eigenvalue weighted by atomic mass is 16.2. The molecule has 1 heterocycles. The molecule has 4 bridgehead atoms. The van der Waals surface area contributed by atoms with Crippen molar-refractivity contribution in [2.24, 2.45) is 52.3 Å². The first-order valence-corrected chi connectivity index (χ1v) is 14.4. The zero-order valence-corrected chi connectivity index (χ0v) is 20.8. The fraction of sp³-hybridized carbons (Fsp3) is 0.931. The predicted octanol–water partition coefficient (Wildman–Crippen LogP) is 5.21. The van der Waals surface area contributed by atoms with E-state index in [0.29, 0.717) is 11.3 Å². The lowest BCUT2D eigenvalue weighted by Gasteiger charge is -2.60. The Morgan fingerprint density at radius 2 is 1.58 bits per heavy atom. The van der Waals surface area contributed by atoms with Gasteiger partial charge < -0.3 is 10.6 Å². The Balaban J connectivity index is 1.12. The van der Waals surface area contributed by atoms with E-state index in [-0.39, 0.29) is 28.8 Å². The van der Waals surface area contributed by atoms with Gasteiger partial charge in [0.15, 0.2) is 0 Å². The van der Waals surface area contributed by atoms with Crippen molar-refractivity contribution in [2.45, 2.75) is 115 Å². The number of nitrogens with one attached hydrogen (secondary N) is 2. The monoisotopic (exact) mass is 452 g/mol. The van der Waals surface area contributed by atoms with E-state index in [4.69, 9.17) is 0 Å². The third-order valence-corrected chi connectivity index (χ3v) is 12.7. The van der Waals surface area contributed by atoms with Gasteiger partial charge in [0.05, 0.1) is 0 Å². The highest BCUT2D eigenvalue weighted by Crippen LogP contribution is 2.64. The van der Waals surface area contributed by atoms with Crippen molar-refractivity contribution < 1.29 is 9.59 Å². The standard InChI is InChI=1S/C29H44N2O2/c1-27-8-3-4-22(27)20-5-6-24-28(2,23(20)7-9-27)16-21(25(32)30-24)26(33)31-29-13-17-10-18(14-29)12-19(11-17)15-29/h17-24H,3-16H2,1-2H3,(H,30,32)(H,31,33)/t17?,18?,19?,20-,21?,22-,23+,24?,27-,28+,29?/m0/s1. The molecule has 0 aromatic heterocycles. The summed E-state index contributed by atoms with van der Waals surface area (Å²) in [6.45, 7) is 5.00. The first kappa shape index (κ1) is 21.2. The zero-order chi connectivity index (χ0) is 22.6. The molecule has 8 aliphatic rings. The van der Waals surface area contributed by atoms with E-state index in [0.717, 1.165) is 61.7 Å². The fourth-order valence-electron chi connectivity index (χ4n) is 11.6. The van der Waals surface area contributed by atoms with Gasteiger partial charge in [-0.25, -0.2) is 0 Å². The number of carbonyl (C=O) groups is 2. The second kappa shape index (κ2) is 7.00. The molecule has 8 rings (SSSR count). The summed E-state index contributed by atoms with van der Waals surface area (Å²) in [5.41, 5.74) is 0.622. The van der Waals surface area contributed by atoms with Crippen LogP contribution in [0.4, 0.5) is 0 Å². The maximum Gasteiger partial charge on any atom is 0.233 e. The Morgan fingerprint density at radius 1 is 0.879 bits per heavy atom. The average Bonchev–Trinajstić information content (AvgIpc) is 3.14. The van der Waals surface area contributed by atoms with Crippen LogP contribution in [0.25, 0.3) is 0 Å². The maximum absolute atomic E-state index is 13.7. The van der Waals surface area contributed by atoms with Gasteiger partial charge in [-0.1, -0.05) is 20.3 Å². The second-order valence-corrected chi connectivity index (χ2v) is 14.5. The smallest absolute Gasteiger partial charge is 0.233 e. The number of carbonyl (C=O) groups excluding carboxylic acids is 2. The van der Waals surface area contributed by atoms with Crippen LogP contribution < -0.4 is 10.6 Å². The molecule has 7 saturated carbocycles. The Labute approximate surface area is 199 Å². The van der Waals surface area contributed by atoms with Crippen LogP contribution in [-0.2, 0) is 9.59 Å². The summed E-state index contributed by atoms with van der Waals surface area (Å²) in [5, 5.41) is 6.95. The summed E-state index contributed by atoms with van der Waals surface area (Å²) in [6, 6.07) is 0.264. The summed E-state index contributed by atoms with van der Waals surface area (Å²) in [7, 11) is 0. The minimum absolute atomic E-state index is 0.00450.